The van der Waals surface area contributed by atoms with Gasteiger partial charge in [-0.1, -0.05) is 48.5 Å². The molecular weight excluding hydrogens is 466 g/mol. The number of rotatable bonds is 8. The summed E-state index contributed by atoms with van der Waals surface area (Å²) in [4.78, 5) is 48.5. The molecule has 10 heteroatoms. The molecule has 192 valence electrons. The van der Waals surface area contributed by atoms with Gasteiger partial charge < -0.3 is 30.2 Å². The van der Waals surface area contributed by atoms with Crippen molar-refractivity contribution in [3.8, 4) is 11.1 Å². The third kappa shape index (κ3) is 7.21. The van der Waals surface area contributed by atoms with Crippen LogP contribution in [0.5, 0.6) is 0 Å². The van der Waals surface area contributed by atoms with E-state index in [1.165, 1.54) is 7.11 Å². The zero-order valence-electron chi connectivity index (χ0n) is 20.8. The summed E-state index contributed by atoms with van der Waals surface area (Å²) in [7, 11) is 1.19. The Bertz CT molecular complexity index is 1080. The molecule has 2 aromatic carbocycles. The number of fused-ring (bicyclic) bond motifs is 3. The van der Waals surface area contributed by atoms with Crippen LogP contribution in [0.2, 0.25) is 0 Å². The second-order valence-corrected chi connectivity index (χ2v) is 9.22. The number of carbonyl (C=O) groups is 4. The third-order valence-electron chi connectivity index (χ3n) is 5.35. The van der Waals surface area contributed by atoms with Gasteiger partial charge in [-0.25, -0.2) is 9.59 Å². The highest BCUT2D eigenvalue weighted by Crippen LogP contribution is 2.44. The fraction of sp³-hybridized carbons (Fsp3) is 0.385. The topological polar surface area (TPSA) is 132 Å². The van der Waals surface area contributed by atoms with E-state index in [1.54, 1.807) is 20.8 Å². The van der Waals surface area contributed by atoms with Crippen LogP contribution in [0.15, 0.2) is 48.5 Å². The maximum absolute atomic E-state index is 12.7. The number of hydrogen-bond acceptors (Lipinski definition) is 7. The average molecular weight is 498 g/mol. The van der Waals surface area contributed by atoms with Gasteiger partial charge >= 0.3 is 24.1 Å². The molecule has 0 aromatic heterocycles. The van der Waals surface area contributed by atoms with Crippen molar-refractivity contribution in [1.82, 2.24) is 16.0 Å². The highest BCUT2D eigenvalue weighted by molar-refractivity contribution is 5.82. The van der Waals surface area contributed by atoms with Crippen molar-refractivity contribution in [3.63, 3.8) is 0 Å². The SMILES string of the molecule is COC(=O)CNC(=O)N[C@H](CC(=O)OC(C)(C)C)NC(=O)OCC1c2ccccc2-c2ccccc21. The maximum Gasteiger partial charge on any atom is 0.408 e. The van der Waals surface area contributed by atoms with Gasteiger partial charge in [0.05, 0.1) is 13.5 Å². The molecule has 1 aliphatic carbocycles. The molecule has 3 amide bonds. The van der Waals surface area contributed by atoms with Crippen molar-refractivity contribution in [2.24, 2.45) is 0 Å². The lowest BCUT2D eigenvalue weighted by atomic mass is 9.98. The van der Waals surface area contributed by atoms with Gasteiger partial charge in [-0.2, -0.15) is 0 Å². The zero-order valence-corrected chi connectivity index (χ0v) is 20.8. The predicted molar refractivity (Wildman–Crippen MR) is 131 cm³/mol. The fourth-order valence-electron chi connectivity index (χ4n) is 3.90. The third-order valence-corrected chi connectivity index (χ3v) is 5.35. The molecule has 1 aliphatic rings. The van der Waals surface area contributed by atoms with E-state index in [1.807, 2.05) is 48.5 Å². The van der Waals surface area contributed by atoms with E-state index in [0.717, 1.165) is 22.3 Å². The van der Waals surface area contributed by atoms with Gasteiger partial charge in [-0.3, -0.25) is 9.59 Å². The van der Waals surface area contributed by atoms with Crippen LogP contribution in [-0.2, 0) is 23.8 Å². The maximum atomic E-state index is 12.7. The summed E-state index contributed by atoms with van der Waals surface area (Å²) < 4.78 is 15.3. The lowest BCUT2D eigenvalue weighted by Gasteiger charge is -2.24. The monoisotopic (exact) mass is 497 g/mol. The molecule has 2 aromatic rings. The molecule has 0 spiro atoms. The highest BCUT2D eigenvalue weighted by Gasteiger charge is 2.30. The number of benzene rings is 2. The Morgan fingerprint density at radius 3 is 2.03 bits per heavy atom. The normalized spacial score (nSPS) is 13.0. The zero-order chi connectivity index (χ0) is 26.3. The molecule has 10 nitrogen and oxygen atoms in total. The number of amides is 3. The summed E-state index contributed by atoms with van der Waals surface area (Å²) in [6.07, 6.45) is -2.32. The van der Waals surface area contributed by atoms with Gasteiger partial charge in [0.25, 0.3) is 0 Å². The summed E-state index contributed by atoms with van der Waals surface area (Å²) in [6, 6.07) is 15.1. The Hall–Kier alpha value is -4.08. The van der Waals surface area contributed by atoms with Crippen molar-refractivity contribution in [3.05, 3.63) is 59.7 Å². The minimum absolute atomic E-state index is 0.0631. The average Bonchev–Trinajstić information content (AvgIpc) is 3.13. The van der Waals surface area contributed by atoms with Crippen LogP contribution in [0.4, 0.5) is 9.59 Å². The van der Waals surface area contributed by atoms with Crippen LogP contribution in [0, 0.1) is 0 Å². The first-order chi connectivity index (χ1) is 17.1. The minimum atomic E-state index is -1.15. The van der Waals surface area contributed by atoms with Gasteiger partial charge in [-0.05, 0) is 43.0 Å². The van der Waals surface area contributed by atoms with Gasteiger partial charge in [0.2, 0.25) is 0 Å². The number of alkyl carbamates (subject to hydrolysis) is 1. The van der Waals surface area contributed by atoms with Gasteiger partial charge in [-0.15, -0.1) is 0 Å². The van der Waals surface area contributed by atoms with Crippen LogP contribution in [0.25, 0.3) is 11.1 Å². The minimum Gasteiger partial charge on any atom is -0.468 e. The Kier molecular flexibility index (Phi) is 8.52. The Labute approximate surface area is 209 Å². The Morgan fingerprint density at radius 1 is 0.889 bits per heavy atom. The van der Waals surface area contributed by atoms with Crippen molar-refractivity contribution < 1.29 is 33.4 Å². The first kappa shape index (κ1) is 26.5. The smallest absolute Gasteiger partial charge is 0.408 e. The number of carbonyl (C=O) groups excluding carboxylic acids is 4. The lowest BCUT2D eigenvalue weighted by molar-refractivity contribution is -0.155. The predicted octanol–water partition coefficient (Wildman–Crippen LogP) is 3.06. The van der Waals surface area contributed by atoms with Crippen LogP contribution >= 0.6 is 0 Å². The van der Waals surface area contributed by atoms with Crippen molar-refractivity contribution >= 4 is 24.1 Å². The van der Waals surface area contributed by atoms with Gasteiger partial charge in [0.15, 0.2) is 0 Å². The van der Waals surface area contributed by atoms with E-state index < -0.39 is 35.8 Å². The molecule has 3 rings (SSSR count). The van der Waals surface area contributed by atoms with E-state index in [9.17, 15) is 19.2 Å². The van der Waals surface area contributed by atoms with Crippen LogP contribution in [0.3, 0.4) is 0 Å². The highest BCUT2D eigenvalue weighted by atomic mass is 16.6. The second kappa shape index (κ2) is 11.6. The Morgan fingerprint density at radius 2 is 1.47 bits per heavy atom. The lowest BCUT2D eigenvalue weighted by Crippen LogP contribution is -2.53. The second-order valence-electron chi connectivity index (χ2n) is 9.22. The summed E-state index contributed by atoms with van der Waals surface area (Å²) in [6.45, 7) is 4.79. The largest absolute Gasteiger partial charge is 0.468 e. The molecule has 0 saturated heterocycles. The summed E-state index contributed by atoms with van der Waals surface area (Å²) >= 11 is 0. The standard InChI is InChI=1S/C26H31N3O7/c1-26(2,3)36-22(30)13-21(28-24(32)27-14-23(31)34-4)29-25(33)35-15-20-18-11-7-5-9-16(18)17-10-6-8-12-19(17)20/h5-12,20-21H,13-15H2,1-4H3,(H,29,33)(H2,27,28,32)/t21-/m0/s1. The first-order valence-electron chi connectivity index (χ1n) is 11.5. The molecule has 0 radical (unpaired) electrons. The van der Waals surface area contributed by atoms with E-state index >= 15 is 0 Å². The van der Waals surface area contributed by atoms with E-state index in [4.69, 9.17) is 9.47 Å². The molecule has 0 unspecified atom stereocenters. The van der Waals surface area contributed by atoms with E-state index in [2.05, 4.69) is 20.7 Å². The number of methoxy groups -OCH3 is 1. The summed E-state index contributed by atoms with van der Waals surface area (Å²) in [5.41, 5.74) is 3.54. The number of nitrogens with one attached hydrogen (secondary N) is 3. The molecule has 0 saturated carbocycles. The first-order valence-corrected chi connectivity index (χ1v) is 11.5. The number of ether oxygens (including phenoxy) is 3. The van der Waals surface area contributed by atoms with E-state index in [0.29, 0.717) is 0 Å². The Balaban J connectivity index is 1.64. The molecule has 0 fully saturated rings. The van der Waals surface area contributed by atoms with Crippen LogP contribution in [-0.4, -0.2) is 56.1 Å². The molecule has 36 heavy (non-hydrogen) atoms. The van der Waals surface area contributed by atoms with Crippen LogP contribution < -0.4 is 16.0 Å². The molecule has 0 heterocycles. The quantitative estimate of drug-likeness (QED) is 0.290. The van der Waals surface area contributed by atoms with Crippen molar-refractivity contribution in [2.45, 2.75) is 44.9 Å². The van der Waals surface area contributed by atoms with Gasteiger partial charge in [0, 0.05) is 5.92 Å². The molecule has 0 bridgehead atoms. The molecule has 3 N–H and O–H groups in total. The van der Waals surface area contributed by atoms with Crippen molar-refractivity contribution in [2.75, 3.05) is 20.3 Å². The fourth-order valence-corrected chi connectivity index (χ4v) is 3.90. The van der Waals surface area contributed by atoms with Crippen molar-refractivity contribution in [1.29, 1.82) is 0 Å². The van der Waals surface area contributed by atoms with Gasteiger partial charge in [0.1, 0.15) is 24.9 Å². The summed E-state index contributed by atoms with van der Waals surface area (Å²) in [5.74, 6) is -1.44. The summed E-state index contributed by atoms with van der Waals surface area (Å²) in [5, 5.41) is 7.21. The molecular formula is C26H31N3O7. The van der Waals surface area contributed by atoms with Crippen LogP contribution in [0.1, 0.15) is 44.2 Å². The number of esters is 2. The molecule has 1 atom stereocenters. The van der Waals surface area contributed by atoms with E-state index in [-0.39, 0.29) is 25.5 Å². The number of urea groups is 1. The number of hydrogen-bond donors (Lipinski definition) is 3. The molecule has 0 aliphatic heterocycles.